The number of nitrogens with two attached hydrogens (primary N) is 2. The van der Waals surface area contributed by atoms with Crippen molar-refractivity contribution in [3.8, 4) is 0 Å². The number of nitrogens with one attached hydrogen (secondary N) is 1. The van der Waals surface area contributed by atoms with E-state index in [1.54, 1.807) is 0 Å². The molecule has 0 rings (SSSR count). The Morgan fingerprint density at radius 2 is 1.05 bits per heavy atom. The second-order valence-corrected chi connectivity index (χ2v) is 3.93. The van der Waals surface area contributed by atoms with E-state index in [1.807, 2.05) is 0 Å². The van der Waals surface area contributed by atoms with Crippen molar-refractivity contribution in [2.45, 2.75) is 0 Å². The zero-order chi connectivity index (χ0) is 15.7. The minimum absolute atomic E-state index is 0.0417. The van der Waals surface area contributed by atoms with Gasteiger partial charge in [-0.3, -0.25) is 5.41 Å². The van der Waals surface area contributed by atoms with Crippen molar-refractivity contribution in [2.75, 3.05) is 39.6 Å². The lowest BCUT2D eigenvalue weighted by Gasteiger charge is -2.01. The molecular formula is C7H23N3O8Si. The van der Waals surface area contributed by atoms with Gasteiger partial charge in [0.2, 0.25) is 0 Å². The molecule has 19 heavy (non-hydrogen) atoms. The molecule has 0 atom stereocenters. The number of aliphatic hydroxyl groups is 2. The van der Waals surface area contributed by atoms with Crippen LogP contribution in [0.1, 0.15) is 0 Å². The predicted molar refractivity (Wildman–Crippen MR) is 66.5 cm³/mol. The number of hydrogen-bond donors (Lipinski definition) is 9. The van der Waals surface area contributed by atoms with E-state index < -0.39 is 9.05 Å². The Morgan fingerprint density at radius 3 is 1.21 bits per heavy atom. The lowest BCUT2D eigenvalue weighted by Crippen LogP contribution is -2.33. The van der Waals surface area contributed by atoms with Crippen molar-refractivity contribution in [1.82, 2.24) is 0 Å². The van der Waals surface area contributed by atoms with E-state index in [0.29, 0.717) is 26.4 Å². The number of aliphatic hydroxyl groups excluding tert-OH is 2. The molecular weight excluding hydrogens is 282 g/mol. The van der Waals surface area contributed by atoms with Crippen LogP contribution in [0.15, 0.2) is 0 Å². The van der Waals surface area contributed by atoms with Gasteiger partial charge in [-0.05, 0) is 0 Å². The number of rotatable bonds is 7. The quantitative estimate of drug-likeness (QED) is 0.0946. The second-order valence-electron chi connectivity index (χ2n) is 2.73. The molecule has 0 bridgehead atoms. The summed E-state index contributed by atoms with van der Waals surface area (Å²) in [5, 5.41) is 22.6. The van der Waals surface area contributed by atoms with Crippen LogP contribution in [0, 0.1) is 5.41 Å². The zero-order valence-corrected chi connectivity index (χ0v) is 11.4. The Kier molecular flexibility index (Phi) is 21.0. The molecule has 0 saturated carbocycles. The van der Waals surface area contributed by atoms with E-state index >= 15 is 0 Å². The van der Waals surface area contributed by atoms with Gasteiger partial charge in [0.05, 0.1) is 39.6 Å². The zero-order valence-electron chi connectivity index (χ0n) is 10.4. The number of ether oxygens (including phenoxy) is 2. The topological polar surface area (TPSA) is 216 Å². The van der Waals surface area contributed by atoms with E-state index in [2.05, 4.69) is 11.5 Å². The van der Waals surface area contributed by atoms with Crippen LogP contribution in [0.5, 0.6) is 0 Å². The molecule has 11 N–H and O–H groups in total. The van der Waals surface area contributed by atoms with Crippen LogP contribution in [0.25, 0.3) is 0 Å². The molecule has 0 aromatic heterocycles. The lowest BCUT2D eigenvalue weighted by atomic mass is 10.7. The average Bonchev–Trinajstić information content (AvgIpc) is 2.20. The van der Waals surface area contributed by atoms with Gasteiger partial charge < -0.3 is 50.3 Å². The molecule has 0 spiro atoms. The summed E-state index contributed by atoms with van der Waals surface area (Å²) in [4.78, 5) is 29.3. The Labute approximate surface area is 111 Å². The summed E-state index contributed by atoms with van der Waals surface area (Å²) in [5.41, 5.74) is 8.94. The highest BCUT2D eigenvalue weighted by molar-refractivity contribution is 6.46. The van der Waals surface area contributed by atoms with Gasteiger partial charge in [0.15, 0.2) is 5.96 Å². The highest BCUT2D eigenvalue weighted by atomic mass is 28.4. The Balaban J connectivity index is -0.000000238. The van der Waals surface area contributed by atoms with E-state index in [1.165, 1.54) is 0 Å². The maximum Gasteiger partial charge on any atom is 0.668 e. The first-order valence-electron chi connectivity index (χ1n) is 5.01. The fraction of sp³-hybridized carbons (Fsp3) is 0.857. The first-order chi connectivity index (χ1) is 8.65. The third kappa shape index (κ3) is 104. The van der Waals surface area contributed by atoms with Crippen LogP contribution in [0.2, 0.25) is 0 Å². The molecule has 0 saturated heterocycles. The molecule has 0 aliphatic carbocycles. The summed E-state index contributed by atoms with van der Waals surface area (Å²) in [6.07, 6.45) is 0. The molecule has 11 nitrogen and oxygen atoms in total. The molecule has 0 aliphatic rings. The summed E-state index contributed by atoms with van der Waals surface area (Å²) in [6, 6.07) is 0. The van der Waals surface area contributed by atoms with Crippen molar-refractivity contribution in [3.05, 3.63) is 0 Å². The SMILES string of the molecule is N=C(N)N.OCCOCCOCCO.O[Si](O)(O)O. The summed E-state index contributed by atoms with van der Waals surface area (Å²) in [5.74, 6) is -0.333. The molecule has 12 heteroatoms. The largest absolute Gasteiger partial charge is 0.668 e. The average molecular weight is 305 g/mol. The van der Waals surface area contributed by atoms with Gasteiger partial charge in [0.1, 0.15) is 0 Å². The maximum absolute atomic E-state index is 8.26. The van der Waals surface area contributed by atoms with Crippen LogP contribution in [0.4, 0.5) is 0 Å². The van der Waals surface area contributed by atoms with Gasteiger partial charge in [-0.2, -0.15) is 0 Å². The number of guanidine groups is 1. The lowest BCUT2D eigenvalue weighted by molar-refractivity contribution is 0.0222. The van der Waals surface area contributed by atoms with E-state index in [0.717, 1.165) is 0 Å². The fourth-order valence-corrected chi connectivity index (χ4v) is 0.451. The van der Waals surface area contributed by atoms with Crippen molar-refractivity contribution in [3.63, 3.8) is 0 Å². The van der Waals surface area contributed by atoms with E-state index in [-0.39, 0.29) is 19.2 Å². The molecule has 0 fully saturated rings. The highest BCUT2D eigenvalue weighted by Crippen LogP contribution is 1.76. The van der Waals surface area contributed by atoms with Crippen molar-refractivity contribution in [1.29, 1.82) is 5.41 Å². The Hall–Kier alpha value is -0.833. The smallest absolute Gasteiger partial charge is 0.394 e. The molecule has 118 valence electrons. The van der Waals surface area contributed by atoms with Crippen LogP contribution in [0.3, 0.4) is 0 Å². The molecule has 0 aliphatic heterocycles. The second kappa shape index (κ2) is 17.2. The maximum atomic E-state index is 8.26. The van der Waals surface area contributed by atoms with Gasteiger partial charge >= 0.3 is 9.05 Å². The molecule has 0 radical (unpaired) electrons. The Morgan fingerprint density at radius 1 is 0.842 bits per heavy atom. The van der Waals surface area contributed by atoms with Gasteiger partial charge in [0, 0.05) is 0 Å². The normalized spacial score (nSPS) is 9.79. The van der Waals surface area contributed by atoms with Crippen LogP contribution in [-0.2, 0) is 9.47 Å². The summed E-state index contributed by atoms with van der Waals surface area (Å²) in [7, 11) is -4.61. The van der Waals surface area contributed by atoms with E-state index in [9.17, 15) is 0 Å². The van der Waals surface area contributed by atoms with Crippen molar-refractivity contribution in [2.24, 2.45) is 11.5 Å². The number of hydrogen-bond acceptors (Lipinski definition) is 9. The molecule has 0 aromatic rings. The predicted octanol–water partition coefficient (Wildman–Crippen LogP) is -4.77. The first-order valence-corrected chi connectivity index (χ1v) is 6.80. The molecule has 0 amide bonds. The standard InChI is InChI=1S/C6H14O4.CH5N3.H4O4Si/c7-1-3-9-5-6-10-4-2-8;2-1(3)4;1-5(2,3)4/h7-8H,1-6H2;(H5,2,3,4);1-4H. The third-order valence-electron chi connectivity index (χ3n) is 0.843. The minimum Gasteiger partial charge on any atom is -0.394 e. The summed E-state index contributed by atoms with van der Waals surface area (Å²) < 4.78 is 9.75. The van der Waals surface area contributed by atoms with Gasteiger partial charge in [-0.1, -0.05) is 0 Å². The highest BCUT2D eigenvalue weighted by Gasteiger charge is 2.22. The summed E-state index contributed by atoms with van der Waals surface area (Å²) in [6.45, 7) is 1.73. The van der Waals surface area contributed by atoms with Gasteiger partial charge in [0.25, 0.3) is 0 Å². The molecule has 0 heterocycles. The van der Waals surface area contributed by atoms with Crippen molar-refractivity contribution < 1.29 is 38.9 Å². The van der Waals surface area contributed by atoms with Crippen LogP contribution >= 0.6 is 0 Å². The van der Waals surface area contributed by atoms with Crippen molar-refractivity contribution >= 4 is 15.0 Å². The Bertz CT molecular complexity index is 174. The van der Waals surface area contributed by atoms with Gasteiger partial charge in [-0.25, -0.2) is 0 Å². The van der Waals surface area contributed by atoms with Crippen LogP contribution < -0.4 is 11.5 Å². The first kappa shape index (κ1) is 23.3. The fourth-order valence-electron chi connectivity index (χ4n) is 0.451. The summed E-state index contributed by atoms with van der Waals surface area (Å²) >= 11 is 0. The molecule has 0 unspecified atom stereocenters. The monoisotopic (exact) mass is 305 g/mol. The van der Waals surface area contributed by atoms with Gasteiger partial charge in [-0.15, -0.1) is 0 Å². The molecule has 0 aromatic carbocycles. The third-order valence-corrected chi connectivity index (χ3v) is 0.843. The van der Waals surface area contributed by atoms with E-state index in [4.69, 9.17) is 44.3 Å². The minimum atomic E-state index is -4.61. The van der Waals surface area contributed by atoms with Crippen LogP contribution in [-0.4, -0.2) is 84.0 Å².